The molecular formula is C10H11N3O4S. The molecule has 7 nitrogen and oxygen atoms in total. The fourth-order valence-electron chi connectivity index (χ4n) is 1.46. The number of ether oxygens (including phenoxy) is 1. The summed E-state index contributed by atoms with van der Waals surface area (Å²) in [5.74, 6) is -0.724. The third kappa shape index (κ3) is 2.65. The molecule has 3 amide bonds. The van der Waals surface area contributed by atoms with E-state index in [2.05, 4.69) is 10.3 Å². The molecule has 8 heteroatoms. The van der Waals surface area contributed by atoms with Gasteiger partial charge in [-0.15, -0.1) is 11.3 Å². The van der Waals surface area contributed by atoms with E-state index in [0.717, 1.165) is 0 Å². The SMILES string of the molecule is CCOC(=O)Cc1csc(N2CC(=O)NC2=O)n1. The largest absolute Gasteiger partial charge is 0.466 e. The summed E-state index contributed by atoms with van der Waals surface area (Å²) in [6, 6.07) is -0.489. The number of thiazole rings is 1. The summed E-state index contributed by atoms with van der Waals surface area (Å²) in [5.41, 5.74) is 0.528. The number of esters is 1. The van der Waals surface area contributed by atoms with Gasteiger partial charge in [0.15, 0.2) is 5.13 Å². The number of carbonyl (C=O) groups is 3. The number of imide groups is 1. The number of urea groups is 1. The topological polar surface area (TPSA) is 88.6 Å². The fraction of sp³-hybridized carbons (Fsp3) is 0.400. The Morgan fingerprint density at radius 1 is 1.61 bits per heavy atom. The third-order valence-electron chi connectivity index (χ3n) is 2.19. The van der Waals surface area contributed by atoms with E-state index in [1.54, 1.807) is 12.3 Å². The maximum atomic E-state index is 11.4. The minimum Gasteiger partial charge on any atom is -0.466 e. The average molecular weight is 269 g/mol. The first kappa shape index (κ1) is 12.5. The first-order valence-electron chi connectivity index (χ1n) is 5.31. The van der Waals surface area contributed by atoms with E-state index in [1.165, 1.54) is 16.2 Å². The average Bonchev–Trinajstić information content (AvgIpc) is 2.85. The molecule has 0 spiro atoms. The Morgan fingerprint density at radius 2 is 2.39 bits per heavy atom. The van der Waals surface area contributed by atoms with Crippen molar-refractivity contribution in [3.05, 3.63) is 11.1 Å². The first-order chi connectivity index (χ1) is 8.60. The van der Waals surface area contributed by atoms with E-state index >= 15 is 0 Å². The number of aromatic nitrogens is 1. The van der Waals surface area contributed by atoms with Crippen molar-refractivity contribution in [1.29, 1.82) is 0 Å². The number of nitrogens with one attached hydrogen (secondary N) is 1. The first-order valence-corrected chi connectivity index (χ1v) is 6.19. The Morgan fingerprint density at radius 3 is 3.00 bits per heavy atom. The normalized spacial score (nSPS) is 14.8. The summed E-state index contributed by atoms with van der Waals surface area (Å²) < 4.78 is 4.80. The predicted molar refractivity (Wildman–Crippen MR) is 63.3 cm³/mol. The summed E-state index contributed by atoms with van der Waals surface area (Å²) >= 11 is 1.21. The molecule has 0 bridgehead atoms. The van der Waals surface area contributed by atoms with Gasteiger partial charge in [-0.1, -0.05) is 0 Å². The lowest BCUT2D eigenvalue weighted by molar-refractivity contribution is -0.142. The Kier molecular flexibility index (Phi) is 3.56. The Balaban J connectivity index is 2.04. The third-order valence-corrected chi connectivity index (χ3v) is 3.11. The number of rotatable bonds is 4. The molecule has 2 rings (SSSR count). The predicted octanol–water partition coefficient (Wildman–Crippen LogP) is 0.305. The molecule has 96 valence electrons. The zero-order chi connectivity index (χ0) is 13.1. The van der Waals surface area contributed by atoms with Gasteiger partial charge in [0.05, 0.1) is 18.7 Å². The van der Waals surface area contributed by atoms with Crippen LogP contribution in [0, 0.1) is 0 Å². The molecule has 18 heavy (non-hydrogen) atoms. The monoisotopic (exact) mass is 269 g/mol. The lowest BCUT2D eigenvalue weighted by Crippen LogP contribution is -2.27. The number of hydrogen-bond donors (Lipinski definition) is 1. The number of carbonyl (C=O) groups excluding carboxylic acids is 3. The van der Waals surface area contributed by atoms with Crippen molar-refractivity contribution < 1.29 is 19.1 Å². The van der Waals surface area contributed by atoms with Gasteiger partial charge in [0.1, 0.15) is 6.54 Å². The fourth-order valence-corrected chi connectivity index (χ4v) is 2.28. The molecule has 0 radical (unpaired) electrons. The second-order valence-electron chi connectivity index (χ2n) is 3.54. The van der Waals surface area contributed by atoms with Crippen LogP contribution in [0.5, 0.6) is 0 Å². The molecule has 1 aromatic heterocycles. The highest BCUT2D eigenvalue weighted by atomic mass is 32.1. The zero-order valence-corrected chi connectivity index (χ0v) is 10.5. The Labute approximate surface area is 107 Å². The summed E-state index contributed by atoms with van der Waals surface area (Å²) in [6.45, 7) is 2.01. The summed E-state index contributed by atoms with van der Waals surface area (Å²) in [5, 5.41) is 4.23. The van der Waals surface area contributed by atoms with Crippen LogP contribution in [0.1, 0.15) is 12.6 Å². The van der Waals surface area contributed by atoms with Crippen LogP contribution in [0.15, 0.2) is 5.38 Å². The van der Waals surface area contributed by atoms with Crippen LogP contribution in [0.2, 0.25) is 0 Å². The van der Waals surface area contributed by atoms with Crippen molar-refractivity contribution in [2.45, 2.75) is 13.3 Å². The maximum Gasteiger partial charge on any atom is 0.330 e. The second-order valence-corrected chi connectivity index (χ2v) is 4.38. The lowest BCUT2D eigenvalue weighted by Gasteiger charge is -2.07. The molecular weight excluding hydrogens is 258 g/mol. The van der Waals surface area contributed by atoms with Crippen LogP contribution in [0.3, 0.4) is 0 Å². The van der Waals surface area contributed by atoms with Gasteiger partial charge in [-0.3, -0.25) is 19.8 Å². The standard InChI is InChI=1S/C10H11N3O4S/c1-2-17-8(15)3-6-5-18-10(11-6)13-4-7(14)12-9(13)16/h5H,2-4H2,1H3,(H,12,14,16). The molecule has 1 aliphatic heterocycles. The van der Waals surface area contributed by atoms with E-state index in [4.69, 9.17) is 4.74 Å². The highest BCUT2D eigenvalue weighted by Gasteiger charge is 2.30. The van der Waals surface area contributed by atoms with Crippen molar-refractivity contribution >= 4 is 34.4 Å². The molecule has 1 saturated heterocycles. The molecule has 1 N–H and O–H groups in total. The molecule has 0 aromatic carbocycles. The molecule has 1 aliphatic rings. The molecule has 0 atom stereocenters. The van der Waals surface area contributed by atoms with Gasteiger partial charge in [0, 0.05) is 5.38 Å². The van der Waals surface area contributed by atoms with Crippen molar-refractivity contribution in [1.82, 2.24) is 10.3 Å². The van der Waals surface area contributed by atoms with Crippen LogP contribution >= 0.6 is 11.3 Å². The molecule has 1 fully saturated rings. The summed E-state index contributed by atoms with van der Waals surface area (Å²) in [4.78, 5) is 39.0. The highest BCUT2D eigenvalue weighted by molar-refractivity contribution is 7.14. The van der Waals surface area contributed by atoms with Gasteiger partial charge in [-0.05, 0) is 6.92 Å². The maximum absolute atomic E-state index is 11.4. The van der Waals surface area contributed by atoms with E-state index in [-0.39, 0.29) is 24.8 Å². The van der Waals surface area contributed by atoms with E-state index in [0.29, 0.717) is 17.4 Å². The van der Waals surface area contributed by atoms with Crippen LogP contribution in [-0.2, 0) is 20.7 Å². The van der Waals surface area contributed by atoms with Gasteiger partial charge < -0.3 is 4.74 Å². The van der Waals surface area contributed by atoms with Crippen molar-refractivity contribution in [3.63, 3.8) is 0 Å². The van der Waals surface area contributed by atoms with Gasteiger partial charge in [-0.25, -0.2) is 9.78 Å². The van der Waals surface area contributed by atoms with Gasteiger partial charge in [0.2, 0.25) is 5.91 Å². The molecule has 0 saturated carbocycles. The lowest BCUT2D eigenvalue weighted by atomic mass is 10.3. The molecule has 1 aromatic rings. The smallest absolute Gasteiger partial charge is 0.330 e. The Bertz CT molecular complexity index is 499. The van der Waals surface area contributed by atoms with Crippen molar-refractivity contribution in [2.24, 2.45) is 0 Å². The van der Waals surface area contributed by atoms with Gasteiger partial charge >= 0.3 is 12.0 Å². The number of anilines is 1. The molecule has 0 aliphatic carbocycles. The van der Waals surface area contributed by atoms with Crippen LogP contribution < -0.4 is 10.2 Å². The minimum atomic E-state index is -0.489. The van der Waals surface area contributed by atoms with Crippen molar-refractivity contribution in [2.75, 3.05) is 18.1 Å². The van der Waals surface area contributed by atoms with Crippen LogP contribution in [0.25, 0.3) is 0 Å². The van der Waals surface area contributed by atoms with Crippen LogP contribution in [0.4, 0.5) is 9.93 Å². The van der Waals surface area contributed by atoms with E-state index in [9.17, 15) is 14.4 Å². The number of amides is 3. The second kappa shape index (κ2) is 5.13. The molecule has 0 unspecified atom stereocenters. The van der Waals surface area contributed by atoms with Crippen molar-refractivity contribution in [3.8, 4) is 0 Å². The van der Waals surface area contributed by atoms with E-state index < -0.39 is 6.03 Å². The van der Waals surface area contributed by atoms with E-state index in [1.807, 2.05) is 0 Å². The number of hydrogen-bond acceptors (Lipinski definition) is 6. The van der Waals surface area contributed by atoms with Gasteiger partial charge in [-0.2, -0.15) is 0 Å². The minimum absolute atomic E-state index is 0.0365. The Hall–Kier alpha value is -1.96. The van der Waals surface area contributed by atoms with Crippen LogP contribution in [-0.4, -0.2) is 36.0 Å². The summed E-state index contributed by atoms with van der Waals surface area (Å²) in [6.07, 6.45) is 0.0632. The zero-order valence-electron chi connectivity index (χ0n) is 9.63. The van der Waals surface area contributed by atoms with Gasteiger partial charge in [0.25, 0.3) is 0 Å². The highest BCUT2D eigenvalue weighted by Crippen LogP contribution is 2.22. The summed E-state index contributed by atoms with van der Waals surface area (Å²) in [7, 11) is 0. The number of nitrogens with zero attached hydrogens (tertiary/aromatic N) is 2. The molecule has 2 heterocycles. The quantitative estimate of drug-likeness (QED) is 0.627.